The smallest absolute Gasteiger partial charge is 0.241 e. The van der Waals surface area contributed by atoms with Crippen LogP contribution in [0.25, 0.3) is 0 Å². The van der Waals surface area contributed by atoms with Crippen LogP contribution in [0.1, 0.15) is 24.1 Å². The van der Waals surface area contributed by atoms with Gasteiger partial charge in [-0.25, -0.2) is 9.82 Å². The quantitative estimate of drug-likeness (QED) is 0.686. The monoisotopic (exact) mass is 303 g/mol. The van der Waals surface area contributed by atoms with Gasteiger partial charge in [-0.1, -0.05) is 49.4 Å². The van der Waals surface area contributed by atoms with Gasteiger partial charge in [0, 0.05) is 18.3 Å². The van der Waals surface area contributed by atoms with Gasteiger partial charge < -0.3 is 0 Å². The third-order valence-corrected chi connectivity index (χ3v) is 4.28. The molecule has 1 aromatic carbocycles. The van der Waals surface area contributed by atoms with Crippen molar-refractivity contribution >= 4 is 5.82 Å². The van der Waals surface area contributed by atoms with Crippen molar-refractivity contribution in [2.75, 3.05) is 5.06 Å². The van der Waals surface area contributed by atoms with Crippen LogP contribution < -0.4 is 5.06 Å². The molecule has 0 N–H and O–H groups in total. The highest BCUT2D eigenvalue weighted by Gasteiger charge is 2.63. The van der Waals surface area contributed by atoms with Gasteiger partial charge in [0.05, 0.1) is 5.69 Å². The highest BCUT2D eigenvalue weighted by Crippen LogP contribution is 2.55. The van der Waals surface area contributed by atoms with Crippen LogP contribution in [0.15, 0.2) is 79.1 Å². The van der Waals surface area contributed by atoms with Crippen molar-refractivity contribution in [3.05, 3.63) is 90.4 Å². The molecule has 0 spiro atoms. The number of nitrogens with zero attached hydrogens (tertiary/aromatic N) is 3. The summed E-state index contributed by atoms with van der Waals surface area (Å²) in [7, 11) is 0. The maximum absolute atomic E-state index is 6.10. The normalized spacial score (nSPS) is 21.0. The zero-order valence-corrected chi connectivity index (χ0v) is 12.8. The summed E-state index contributed by atoms with van der Waals surface area (Å²) in [5.74, 6) is 0.904. The first-order chi connectivity index (χ1) is 11.3. The van der Waals surface area contributed by atoms with Crippen LogP contribution in [-0.4, -0.2) is 9.97 Å². The second kappa shape index (κ2) is 5.48. The van der Waals surface area contributed by atoms with Gasteiger partial charge in [-0.05, 0) is 29.8 Å². The maximum atomic E-state index is 6.10. The molecule has 2 aromatic heterocycles. The van der Waals surface area contributed by atoms with Crippen LogP contribution in [-0.2, 0) is 10.6 Å². The van der Waals surface area contributed by atoms with E-state index in [9.17, 15) is 0 Å². The molecule has 2 atom stereocenters. The highest BCUT2D eigenvalue weighted by molar-refractivity contribution is 5.48. The molecule has 114 valence electrons. The summed E-state index contributed by atoms with van der Waals surface area (Å²) in [6, 6.07) is 22.1. The predicted octanol–water partition coefficient (Wildman–Crippen LogP) is 3.88. The van der Waals surface area contributed by atoms with Crippen molar-refractivity contribution in [3.63, 3.8) is 0 Å². The summed E-state index contributed by atoms with van der Waals surface area (Å²) < 4.78 is 0. The lowest BCUT2D eigenvalue weighted by Crippen LogP contribution is -2.25. The Morgan fingerprint density at radius 1 is 0.870 bits per heavy atom. The molecule has 1 aliphatic rings. The highest BCUT2D eigenvalue weighted by atomic mass is 16.9. The van der Waals surface area contributed by atoms with E-state index in [0.29, 0.717) is 0 Å². The van der Waals surface area contributed by atoms with Gasteiger partial charge in [0.1, 0.15) is 0 Å². The van der Waals surface area contributed by atoms with E-state index in [-0.39, 0.29) is 5.92 Å². The van der Waals surface area contributed by atoms with Gasteiger partial charge in [0.15, 0.2) is 5.82 Å². The second-order valence-electron chi connectivity index (χ2n) is 5.62. The van der Waals surface area contributed by atoms with Crippen molar-refractivity contribution in [1.29, 1.82) is 0 Å². The third kappa shape index (κ3) is 2.28. The largest absolute Gasteiger partial charge is 0.256 e. The molecule has 0 saturated carbocycles. The number of hydroxylamine groups is 1. The number of aromatic nitrogens is 2. The molecule has 4 heteroatoms. The Labute approximate surface area is 135 Å². The molecule has 0 bridgehead atoms. The minimum Gasteiger partial charge on any atom is -0.256 e. The van der Waals surface area contributed by atoms with Crippen LogP contribution in [0.2, 0.25) is 0 Å². The first-order valence-electron chi connectivity index (χ1n) is 7.69. The van der Waals surface area contributed by atoms with Crippen molar-refractivity contribution in [3.8, 4) is 0 Å². The molecular formula is C19H17N3O. The fraction of sp³-hybridized carbons (Fsp3) is 0.158. The summed E-state index contributed by atoms with van der Waals surface area (Å²) in [6.45, 7) is 2.16. The van der Waals surface area contributed by atoms with Gasteiger partial charge in [-0.2, -0.15) is 5.06 Å². The number of hydrogen-bond donors (Lipinski definition) is 0. The van der Waals surface area contributed by atoms with Crippen molar-refractivity contribution in [1.82, 2.24) is 9.97 Å². The number of anilines is 1. The van der Waals surface area contributed by atoms with Crippen molar-refractivity contribution in [2.45, 2.75) is 18.6 Å². The Hall–Kier alpha value is -2.72. The van der Waals surface area contributed by atoms with Gasteiger partial charge in [-0.15, -0.1) is 0 Å². The molecule has 3 heterocycles. The number of rotatable bonds is 4. The first kappa shape index (κ1) is 13.9. The number of hydrogen-bond acceptors (Lipinski definition) is 4. The van der Waals surface area contributed by atoms with E-state index in [1.807, 2.05) is 59.7 Å². The Morgan fingerprint density at radius 2 is 1.57 bits per heavy atom. The molecule has 1 saturated heterocycles. The summed E-state index contributed by atoms with van der Waals surface area (Å²) in [4.78, 5) is 15.1. The van der Waals surface area contributed by atoms with Crippen LogP contribution in [0.5, 0.6) is 0 Å². The van der Waals surface area contributed by atoms with Crippen LogP contribution >= 0.6 is 0 Å². The average molecular weight is 303 g/mol. The SMILES string of the molecule is C[C@@H](c1ccccc1)C1(c2ccccn2)ON1c1ccccn1. The lowest BCUT2D eigenvalue weighted by molar-refractivity contribution is 0.265. The molecular weight excluding hydrogens is 286 g/mol. The van der Waals surface area contributed by atoms with E-state index in [2.05, 4.69) is 29.0 Å². The Kier molecular flexibility index (Phi) is 3.32. The fourth-order valence-corrected chi connectivity index (χ4v) is 2.98. The van der Waals surface area contributed by atoms with E-state index < -0.39 is 5.72 Å². The van der Waals surface area contributed by atoms with Gasteiger partial charge in [0.25, 0.3) is 0 Å². The molecule has 0 aliphatic carbocycles. The summed E-state index contributed by atoms with van der Waals surface area (Å²) in [6.07, 6.45) is 3.57. The third-order valence-electron chi connectivity index (χ3n) is 4.28. The predicted molar refractivity (Wildman–Crippen MR) is 88.6 cm³/mol. The van der Waals surface area contributed by atoms with Gasteiger partial charge in [-0.3, -0.25) is 4.98 Å². The average Bonchev–Trinajstić information content (AvgIpc) is 3.40. The number of benzene rings is 1. The molecule has 0 radical (unpaired) electrons. The van der Waals surface area contributed by atoms with Gasteiger partial charge >= 0.3 is 0 Å². The maximum Gasteiger partial charge on any atom is 0.241 e. The van der Waals surface area contributed by atoms with Crippen LogP contribution in [0.4, 0.5) is 5.82 Å². The Bertz CT molecular complexity index is 779. The van der Waals surface area contributed by atoms with E-state index >= 15 is 0 Å². The van der Waals surface area contributed by atoms with Crippen LogP contribution in [0.3, 0.4) is 0 Å². The van der Waals surface area contributed by atoms with E-state index in [0.717, 1.165) is 11.5 Å². The van der Waals surface area contributed by atoms with E-state index in [4.69, 9.17) is 4.84 Å². The molecule has 1 fully saturated rings. The molecule has 4 rings (SSSR count). The Morgan fingerprint density at radius 3 is 2.22 bits per heavy atom. The molecule has 3 aromatic rings. The minimum absolute atomic E-state index is 0.112. The zero-order chi connectivity index (χ0) is 15.7. The molecule has 4 nitrogen and oxygen atoms in total. The lowest BCUT2D eigenvalue weighted by atomic mass is 9.89. The minimum atomic E-state index is -0.614. The molecule has 0 amide bonds. The standard InChI is InChI=1S/C19H17N3O/c1-15(16-9-3-2-4-10-16)19(17-11-5-7-13-20-17)22(23-19)18-12-6-8-14-21-18/h2-15H,1H3/t15-,19?,22?/m0/s1. The zero-order valence-electron chi connectivity index (χ0n) is 12.8. The van der Waals surface area contributed by atoms with Crippen molar-refractivity contribution < 1.29 is 4.84 Å². The molecule has 1 unspecified atom stereocenters. The Balaban J connectivity index is 1.78. The molecule has 23 heavy (non-hydrogen) atoms. The van der Waals surface area contributed by atoms with E-state index in [1.165, 1.54) is 5.56 Å². The fourth-order valence-electron chi connectivity index (χ4n) is 2.98. The molecule has 1 aliphatic heterocycles. The topological polar surface area (TPSA) is 41.3 Å². The summed E-state index contributed by atoms with van der Waals surface area (Å²) in [5.41, 5.74) is 1.48. The summed E-state index contributed by atoms with van der Waals surface area (Å²) in [5, 5.41) is 1.85. The second-order valence-corrected chi connectivity index (χ2v) is 5.62. The van der Waals surface area contributed by atoms with Gasteiger partial charge in [0.2, 0.25) is 5.72 Å². The van der Waals surface area contributed by atoms with Crippen LogP contribution in [0, 0.1) is 0 Å². The lowest BCUT2D eigenvalue weighted by Gasteiger charge is -2.19. The van der Waals surface area contributed by atoms with E-state index in [1.54, 1.807) is 12.4 Å². The first-order valence-corrected chi connectivity index (χ1v) is 7.69. The summed E-state index contributed by atoms with van der Waals surface area (Å²) >= 11 is 0. The number of pyridine rings is 2. The van der Waals surface area contributed by atoms with Crippen molar-refractivity contribution in [2.24, 2.45) is 0 Å².